The summed E-state index contributed by atoms with van der Waals surface area (Å²) in [5.41, 5.74) is 1.35. The minimum Gasteiger partial charge on any atom is -0.387 e. The molecule has 1 nitrogen and oxygen atoms in total. The van der Waals surface area contributed by atoms with Crippen molar-refractivity contribution in [2.24, 2.45) is 5.92 Å². The molecule has 0 bridgehead atoms. The summed E-state index contributed by atoms with van der Waals surface area (Å²) in [7, 11) is 0. The zero-order valence-corrected chi connectivity index (χ0v) is 11.6. The Bertz CT molecular complexity index is 508. The van der Waals surface area contributed by atoms with Crippen molar-refractivity contribution in [2.45, 2.75) is 18.4 Å². The minimum atomic E-state index is -0.309. The van der Waals surface area contributed by atoms with Gasteiger partial charge in [0.25, 0.3) is 0 Å². The third-order valence-corrected chi connectivity index (χ3v) is 5.05. The lowest BCUT2D eigenvalue weighted by Crippen LogP contribution is -1.98. The Morgan fingerprint density at radius 3 is 2.59 bits per heavy atom. The Labute approximate surface area is 113 Å². The van der Waals surface area contributed by atoms with Gasteiger partial charge in [-0.15, -0.1) is 11.3 Å². The number of hydrogen-bond donors (Lipinski definition) is 1. The van der Waals surface area contributed by atoms with E-state index in [0.29, 0.717) is 11.8 Å². The van der Waals surface area contributed by atoms with Gasteiger partial charge >= 0.3 is 0 Å². The van der Waals surface area contributed by atoms with Gasteiger partial charge in [0.2, 0.25) is 0 Å². The zero-order chi connectivity index (χ0) is 11.8. The van der Waals surface area contributed by atoms with Crippen molar-refractivity contribution in [3.63, 3.8) is 0 Å². The molecule has 1 aliphatic carbocycles. The average Bonchev–Trinajstić information content (AvgIpc) is 3.05. The number of rotatable bonds is 3. The lowest BCUT2D eigenvalue weighted by atomic mass is 10.1. The molecular weight excluding hydrogens is 296 g/mol. The first-order chi connectivity index (χ1) is 8.25. The molecule has 88 valence electrons. The van der Waals surface area contributed by atoms with Crippen LogP contribution in [-0.4, -0.2) is 5.11 Å². The SMILES string of the molecule is OC(c1ccc(Br)s1)C1CC1c1ccccc1. The molecule has 2 aromatic rings. The standard InChI is InChI=1S/C14H13BrOS/c15-13-7-6-12(17-13)14(16)11-8-10(11)9-4-2-1-3-5-9/h1-7,10-11,14,16H,8H2. The quantitative estimate of drug-likeness (QED) is 0.894. The second-order valence-corrected chi connectivity index (χ2v) is 7.00. The molecule has 0 aliphatic heterocycles. The predicted molar refractivity (Wildman–Crippen MR) is 74.3 cm³/mol. The van der Waals surface area contributed by atoms with E-state index in [9.17, 15) is 5.11 Å². The van der Waals surface area contributed by atoms with Gasteiger partial charge < -0.3 is 5.11 Å². The van der Waals surface area contributed by atoms with E-state index in [1.165, 1.54) is 5.56 Å². The van der Waals surface area contributed by atoms with Crippen molar-refractivity contribution in [2.75, 3.05) is 0 Å². The van der Waals surface area contributed by atoms with Crippen molar-refractivity contribution < 1.29 is 5.11 Å². The normalized spacial score (nSPS) is 24.6. The fraction of sp³-hybridized carbons (Fsp3) is 0.286. The summed E-state index contributed by atoms with van der Waals surface area (Å²) in [6.45, 7) is 0. The van der Waals surface area contributed by atoms with Crippen LogP contribution in [0.25, 0.3) is 0 Å². The molecule has 0 spiro atoms. The van der Waals surface area contributed by atoms with Crippen molar-refractivity contribution in [1.82, 2.24) is 0 Å². The van der Waals surface area contributed by atoms with Crippen LogP contribution in [0, 0.1) is 5.92 Å². The van der Waals surface area contributed by atoms with E-state index in [-0.39, 0.29) is 6.10 Å². The summed E-state index contributed by atoms with van der Waals surface area (Å²) in [5.74, 6) is 0.926. The Hall–Kier alpha value is -0.640. The first-order valence-electron chi connectivity index (χ1n) is 5.74. The van der Waals surface area contributed by atoms with Crippen LogP contribution in [0.3, 0.4) is 0 Å². The summed E-state index contributed by atoms with van der Waals surface area (Å²) in [4.78, 5) is 1.07. The Morgan fingerprint density at radius 2 is 1.94 bits per heavy atom. The smallest absolute Gasteiger partial charge is 0.0916 e. The number of benzene rings is 1. The predicted octanol–water partition coefficient (Wildman–Crippen LogP) is 4.35. The zero-order valence-electron chi connectivity index (χ0n) is 9.21. The van der Waals surface area contributed by atoms with Crippen LogP contribution in [-0.2, 0) is 0 Å². The molecule has 0 amide bonds. The lowest BCUT2D eigenvalue weighted by molar-refractivity contribution is 0.155. The second-order valence-electron chi connectivity index (χ2n) is 4.50. The molecule has 0 radical (unpaired) electrons. The van der Waals surface area contributed by atoms with Gasteiger partial charge in [-0.1, -0.05) is 30.3 Å². The van der Waals surface area contributed by atoms with Crippen LogP contribution in [0.5, 0.6) is 0 Å². The van der Waals surface area contributed by atoms with Gasteiger partial charge in [-0.25, -0.2) is 0 Å². The molecule has 3 heteroatoms. The average molecular weight is 309 g/mol. The van der Waals surface area contributed by atoms with Gasteiger partial charge in [0, 0.05) is 4.88 Å². The first kappa shape index (κ1) is 11.5. The van der Waals surface area contributed by atoms with E-state index in [4.69, 9.17) is 0 Å². The fourth-order valence-corrected chi connectivity index (χ4v) is 3.83. The van der Waals surface area contributed by atoms with Crippen LogP contribution in [0.15, 0.2) is 46.3 Å². The Morgan fingerprint density at radius 1 is 1.18 bits per heavy atom. The Kier molecular flexibility index (Phi) is 3.07. The van der Waals surface area contributed by atoms with Gasteiger partial charge in [-0.2, -0.15) is 0 Å². The maximum absolute atomic E-state index is 10.3. The van der Waals surface area contributed by atoms with Crippen LogP contribution in [0.1, 0.15) is 28.9 Å². The highest BCUT2D eigenvalue weighted by molar-refractivity contribution is 9.11. The van der Waals surface area contributed by atoms with Crippen molar-refractivity contribution in [3.8, 4) is 0 Å². The van der Waals surface area contributed by atoms with E-state index in [2.05, 4.69) is 40.2 Å². The summed E-state index contributed by atoms with van der Waals surface area (Å²) in [6.07, 6.45) is 0.789. The third kappa shape index (κ3) is 2.32. The van der Waals surface area contributed by atoms with Crippen LogP contribution < -0.4 is 0 Å². The maximum atomic E-state index is 10.3. The third-order valence-electron chi connectivity index (χ3n) is 3.36. The van der Waals surface area contributed by atoms with Crippen LogP contribution in [0.2, 0.25) is 0 Å². The number of thiophene rings is 1. The minimum absolute atomic E-state index is 0.309. The van der Waals surface area contributed by atoms with E-state index >= 15 is 0 Å². The fourth-order valence-electron chi connectivity index (χ4n) is 2.35. The molecule has 1 N–H and O–H groups in total. The van der Waals surface area contributed by atoms with E-state index in [1.807, 2.05) is 18.2 Å². The number of hydrogen-bond acceptors (Lipinski definition) is 2. The summed E-state index contributed by atoms with van der Waals surface area (Å²) < 4.78 is 1.09. The van der Waals surface area contributed by atoms with E-state index < -0.39 is 0 Å². The van der Waals surface area contributed by atoms with Crippen LogP contribution >= 0.6 is 27.3 Å². The number of aliphatic hydroxyl groups excluding tert-OH is 1. The summed E-state index contributed by atoms with van der Waals surface area (Å²) in [6, 6.07) is 14.5. The molecule has 3 atom stereocenters. The molecule has 1 saturated carbocycles. The monoisotopic (exact) mass is 308 g/mol. The molecule has 1 aliphatic rings. The summed E-state index contributed by atoms with van der Waals surface area (Å²) >= 11 is 5.07. The lowest BCUT2D eigenvalue weighted by Gasteiger charge is -2.07. The highest BCUT2D eigenvalue weighted by Gasteiger charge is 2.44. The van der Waals surface area contributed by atoms with E-state index in [0.717, 1.165) is 15.1 Å². The van der Waals surface area contributed by atoms with Crippen LogP contribution in [0.4, 0.5) is 0 Å². The maximum Gasteiger partial charge on any atom is 0.0916 e. The van der Waals surface area contributed by atoms with Gasteiger partial charge in [0.1, 0.15) is 0 Å². The number of halogens is 1. The van der Waals surface area contributed by atoms with Gasteiger partial charge in [-0.05, 0) is 51.9 Å². The molecule has 3 rings (SSSR count). The van der Waals surface area contributed by atoms with Gasteiger partial charge in [-0.3, -0.25) is 0 Å². The molecular formula is C14H13BrOS. The van der Waals surface area contributed by atoms with Crippen molar-refractivity contribution >= 4 is 27.3 Å². The second kappa shape index (κ2) is 4.56. The highest BCUT2D eigenvalue weighted by Crippen LogP contribution is 2.54. The van der Waals surface area contributed by atoms with Crippen molar-refractivity contribution in [1.29, 1.82) is 0 Å². The molecule has 1 aromatic heterocycles. The van der Waals surface area contributed by atoms with Crippen molar-refractivity contribution in [3.05, 3.63) is 56.7 Å². The molecule has 1 fully saturated rings. The first-order valence-corrected chi connectivity index (χ1v) is 7.35. The topological polar surface area (TPSA) is 20.2 Å². The van der Waals surface area contributed by atoms with Gasteiger partial charge in [0.05, 0.1) is 9.89 Å². The highest BCUT2D eigenvalue weighted by atomic mass is 79.9. The Balaban J connectivity index is 1.73. The number of aliphatic hydroxyl groups is 1. The van der Waals surface area contributed by atoms with Gasteiger partial charge in [0.15, 0.2) is 0 Å². The molecule has 3 unspecified atom stereocenters. The summed E-state index contributed by atoms with van der Waals surface area (Å²) in [5, 5.41) is 10.3. The molecule has 17 heavy (non-hydrogen) atoms. The molecule has 1 heterocycles. The largest absolute Gasteiger partial charge is 0.387 e. The van der Waals surface area contributed by atoms with E-state index in [1.54, 1.807) is 11.3 Å². The molecule has 1 aromatic carbocycles. The molecule has 0 saturated heterocycles.